The van der Waals surface area contributed by atoms with Gasteiger partial charge in [0.15, 0.2) is 0 Å². The van der Waals surface area contributed by atoms with Crippen LogP contribution in [-0.4, -0.2) is 21.3 Å². The maximum absolute atomic E-state index is 5.39. The van der Waals surface area contributed by atoms with Gasteiger partial charge in [-0.25, -0.2) is 4.98 Å². The molecule has 0 aliphatic rings. The van der Waals surface area contributed by atoms with Crippen molar-refractivity contribution in [3.63, 3.8) is 0 Å². The van der Waals surface area contributed by atoms with Gasteiger partial charge in [-0.05, 0) is 26.3 Å². The Balaban J connectivity index is 2.45. The predicted octanol–water partition coefficient (Wildman–Crippen LogP) is 0.405. The van der Waals surface area contributed by atoms with Crippen molar-refractivity contribution in [2.45, 2.75) is 26.2 Å². The molecule has 1 aromatic heterocycles. The largest absolute Gasteiger partial charge is 0.330 e. The van der Waals surface area contributed by atoms with Gasteiger partial charge in [-0.2, -0.15) is 5.10 Å². The molecule has 1 rings (SSSR count). The number of aryl methyl sites for hydroxylation is 3. The smallest absolute Gasteiger partial charge is 0.147 e. The van der Waals surface area contributed by atoms with Crippen LogP contribution in [0.2, 0.25) is 0 Å². The van der Waals surface area contributed by atoms with Crippen molar-refractivity contribution >= 4 is 0 Å². The van der Waals surface area contributed by atoms with Crippen LogP contribution in [-0.2, 0) is 13.5 Å². The molecule has 2 N–H and O–H groups in total. The number of nitrogens with zero attached hydrogens (tertiary/aromatic N) is 3. The fourth-order valence-electron chi connectivity index (χ4n) is 1.20. The van der Waals surface area contributed by atoms with E-state index in [-0.39, 0.29) is 0 Å². The van der Waals surface area contributed by atoms with Gasteiger partial charge >= 0.3 is 0 Å². The second-order valence-electron chi connectivity index (χ2n) is 2.94. The Hall–Kier alpha value is -0.900. The molecule has 0 saturated heterocycles. The highest BCUT2D eigenvalue weighted by atomic mass is 15.3. The second kappa shape index (κ2) is 4.21. The van der Waals surface area contributed by atoms with E-state index in [4.69, 9.17) is 5.73 Å². The SMILES string of the molecule is Cc1nc(CCCCN)n(C)n1. The third kappa shape index (κ3) is 2.30. The Morgan fingerprint density at radius 2 is 2.17 bits per heavy atom. The van der Waals surface area contributed by atoms with Crippen LogP contribution >= 0.6 is 0 Å². The number of unbranched alkanes of at least 4 members (excludes halogenated alkanes) is 1. The van der Waals surface area contributed by atoms with Crippen molar-refractivity contribution in [1.82, 2.24) is 14.8 Å². The lowest BCUT2D eigenvalue weighted by Crippen LogP contribution is -2.03. The van der Waals surface area contributed by atoms with Crippen LogP contribution in [0.3, 0.4) is 0 Å². The molecule has 0 radical (unpaired) electrons. The summed E-state index contributed by atoms with van der Waals surface area (Å²) in [6.45, 7) is 2.67. The van der Waals surface area contributed by atoms with Crippen LogP contribution in [0.15, 0.2) is 0 Å². The molecule has 0 aliphatic heterocycles. The maximum Gasteiger partial charge on any atom is 0.147 e. The molecule has 0 atom stereocenters. The summed E-state index contributed by atoms with van der Waals surface area (Å²) in [6.07, 6.45) is 3.14. The summed E-state index contributed by atoms with van der Waals surface area (Å²) in [4.78, 5) is 4.29. The van der Waals surface area contributed by atoms with Gasteiger partial charge in [0.2, 0.25) is 0 Å². The molecule has 0 bridgehead atoms. The molecule has 68 valence electrons. The van der Waals surface area contributed by atoms with Crippen LogP contribution in [0.1, 0.15) is 24.5 Å². The van der Waals surface area contributed by atoms with Gasteiger partial charge in [-0.15, -0.1) is 0 Å². The third-order valence-electron chi connectivity index (χ3n) is 1.81. The van der Waals surface area contributed by atoms with Crippen LogP contribution in [0.4, 0.5) is 0 Å². The predicted molar refractivity (Wildman–Crippen MR) is 47.7 cm³/mol. The van der Waals surface area contributed by atoms with E-state index in [1.807, 2.05) is 18.7 Å². The maximum atomic E-state index is 5.39. The zero-order valence-electron chi connectivity index (χ0n) is 7.75. The molecule has 4 heteroatoms. The van der Waals surface area contributed by atoms with Crippen molar-refractivity contribution in [2.75, 3.05) is 6.54 Å². The van der Waals surface area contributed by atoms with E-state index in [1.54, 1.807) is 0 Å². The normalized spacial score (nSPS) is 10.6. The van der Waals surface area contributed by atoms with Crippen molar-refractivity contribution < 1.29 is 0 Å². The summed E-state index contributed by atoms with van der Waals surface area (Å²) in [7, 11) is 1.93. The molecule has 4 nitrogen and oxygen atoms in total. The standard InChI is InChI=1S/C8H16N4/c1-7-10-8(12(2)11-7)5-3-4-6-9/h3-6,9H2,1-2H3. The van der Waals surface area contributed by atoms with E-state index >= 15 is 0 Å². The van der Waals surface area contributed by atoms with Gasteiger partial charge in [0.05, 0.1) is 0 Å². The van der Waals surface area contributed by atoms with Gasteiger partial charge in [0, 0.05) is 13.5 Å². The Morgan fingerprint density at radius 1 is 1.42 bits per heavy atom. The van der Waals surface area contributed by atoms with E-state index in [9.17, 15) is 0 Å². The number of hydrogen-bond donors (Lipinski definition) is 1. The molecule has 12 heavy (non-hydrogen) atoms. The van der Waals surface area contributed by atoms with E-state index in [0.717, 1.165) is 37.5 Å². The van der Waals surface area contributed by atoms with E-state index < -0.39 is 0 Å². The average Bonchev–Trinajstić information content (AvgIpc) is 2.31. The third-order valence-corrected chi connectivity index (χ3v) is 1.81. The lowest BCUT2D eigenvalue weighted by molar-refractivity contribution is 0.651. The van der Waals surface area contributed by atoms with Crippen LogP contribution in [0, 0.1) is 6.92 Å². The molecular weight excluding hydrogens is 152 g/mol. The average molecular weight is 168 g/mol. The first-order chi connectivity index (χ1) is 5.74. The Labute approximate surface area is 72.8 Å². The van der Waals surface area contributed by atoms with Crippen molar-refractivity contribution in [2.24, 2.45) is 12.8 Å². The van der Waals surface area contributed by atoms with Crippen molar-refractivity contribution in [3.8, 4) is 0 Å². The Kier molecular flexibility index (Phi) is 3.22. The summed E-state index contributed by atoms with van der Waals surface area (Å²) in [6, 6.07) is 0. The summed E-state index contributed by atoms with van der Waals surface area (Å²) < 4.78 is 1.84. The Bertz CT molecular complexity index is 241. The van der Waals surface area contributed by atoms with Crippen LogP contribution < -0.4 is 5.73 Å². The Morgan fingerprint density at radius 3 is 2.67 bits per heavy atom. The molecule has 0 unspecified atom stereocenters. The lowest BCUT2D eigenvalue weighted by Gasteiger charge is -1.97. The molecule has 0 saturated carbocycles. The number of nitrogens with two attached hydrogens (primary N) is 1. The molecule has 1 aromatic rings. The monoisotopic (exact) mass is 168 g/mol. The topological polar surface area (TPSA) is 56.7 Å². The minimum Gasteiger partial charge on any atom is -0.330 e. The summed E-state index contributed by atoms with van der Waals surface area (Å²) >= 11 is 0. The minimum atomic E-state index is 0.761. The van der Waals surface area contributed by atoms with Gasteiger partial charge in [0.1, 0.15) is 11.6 Å². The first kappa shape index (κ1) is 9.19. The fourth-order valence-corrected chi connectivity index (χ4v) is 1.20. The molecule has 1 heterocycles. The number of hydrogen-bond acceptors (Lipinski definition) is 3. The zero-order chi connectivity index (χ0) is 8.97. The van der Waals surface area contributed by atoms with Crippen LogP contribution in [0.5, 0.6) is 0 Å². The van der Waals surface area contributed by atoms with Crippen LogP contribution in [0.25, 0.3) is 0 Å². The van der Waals surface area contributed by atoms with Gasteiger partial charge < -0.3 is 5.73 Å². The van der Waals surface area contributed by atoms with E-state index in [0.29, 0.717) is 0 Å². The minimum absolute atomic E-state index is 0.761. The molecule has 0 aliphatic carbocycles. The molecular formula is C8H16N4. The summed E-state index contributed by atoms with van der Waals surface area (Å²) in [5.74, 6) is 1.90. The number of aromatic nitrogens is 3. The van der Waals surface area contributed by atoms with Gasteiger partial charge in [-0.3, -0.25) is 4.68 Å². The second-order valence-corrected chi connectivity index (χ2v) is 2.94. The van der Waals surface area contributed by atoms with E-state index in [2.05, 4.69) is 10.1 Å². The highest BCUT2D eigenvalue weighted by Gasteiger charge is 2.01. The first-order valence-electron chi connectivity index (χ1n) is 4.30. The highest BCUT2D eigenvalue weighted by molar-refractivity contribution is 4.90. The van der Waals surface area contributed by atoms with Crippen molar-refractivity contribution in [3.05, 3.63) is 11.6 Å². The molecule has 0 aromatic carbocycles. The highest BCUT2D eigenvalue weighted by Crippen LogP contribution is 2.00. The van der Waals surface area contributed by atoms with Gasteiger partial charge in [-0.1, -0.05) is 0 Å². The lowest BCUT2D eigenvalue weighted by atomic mass is 10.2. The quantitative estimate of drug-likeness (QED) is 0.662. The molecule has 0 fully saturated rings. The molecule has 0 spiro atoms. The van der Waals surface area contributed by atoms with Gasteiger partial charge in [0.25, 0.3) is 0 Å². The summed E-state index contributed by atoms with van der Waals surface area (Å²) in [5, 5.41) is 4.16. The zero-order valence-corrected chi connectivity index (χ0v) is 7.75. The number of rotatable bonds is 4. The van der Waals surface area contributed by atoms with E-state index in [1.165, 1.54) is 0 Å². The summed E-state index contributed by atoms with van der Waals surface area (Å²) in [5.41, 5.74) is 5.39. The fraction of sp³-hybridized carbons (Fsp3) is 0.750. The first-order valence-corrected chi connectivity index (χ1v) is 4.30. The van der Waals surface area contributed by atoms with Crippen molar-refractivity contribution in [1.29, 1.82) is 0 Å². The molecule has 0 amide bonds.